The van der Waals surface area contributed by atoms with Crippen LogP contribution in [0, 0.1) is 11.6 Å². The van der Waals surface area contributed by atoms with Gasteiger partial charge in [-0.3, -0.25) is 0 Å². The highest BCUT2D eigenvalue weighted by molar-refractivity contribution is 6.17. The van der Waals surface area contributed by atoms with Crippen LogP contribution in [-0.2, 0) is 5.60 Å². The van der Waals surface area contributed by atoms with Gasteiger partial charge in [-0.15, -0.1) is 11.6 Å². The highest BCUT2D eigenvalue weighted by Gasteiger charge is 2.22. The van der Waals surface area contributed by atoms with Crippen LogP contribution < -0.4 is 4.74 Å². The summed E-state index contributed by atoms with van der Waals surface area (Å²) in [4.78, 5) is 0. The zero-order valence-electron chi connectivity index (χ0n) is 11.4. The molecule has 0 saturated carbocycles. The van der Waals surface area contributed by atoms with Crippen LogP contribution in [0.4, 0.5) is 8.78 Å². The van der Waals surface area contributed by atoms with Gasteiger partial charge in [0.2, 0.25) is 0 Å². The van der Waals surface area contributed by atoms with Gasteiger partial charge in [0.15, 0.2) is 11.6 Å². The predicted octanol–water partition coefficient (Wildman–Crippen LogP) is 4.59. The van der Waals surface area contributed by atoms with Gasteiger partial charge in [-0.25, -0.2) is 8.78 Å². The molecule has 5 heteroatoms. The maximum absolute atomic E-state index is 13.5. The molecule has 21 heavy (non-hydrogen) atoms. The molecular weight excluding hydrogens is 298 g/mol. The lowest BCUT2D eigenvalue weighted by Crippen LogP contribution is -2.21. The smallest absolute Gasteiger partial charge is 0.168 e. The topological polar surface area (TPSA) is 29.5 Å². The predicted molar refractivity (Wildman–Crippen MR) is 77.8 cm³/mol. The second-order valence-corrected chi connectivity index (χ2v) is 5.29. The van der Waals surface area contributed by atoms with E-state index < -0.39 is 17.2 Å². The maximum atomic E-state index is 13.5. The molecule has 0 aliphatic heterocycles. The summed E-state index contributed by atoms with van der Waals surface area (Å²) < 4.78 is 31.6. The third-order valence-electron chi connectivity index (χ3n) is 3.18. The van der Waals surface area contributed by atoms with E-state index in [1.807, 2.05) is 0 Å². The summed E-state index contributed by atoms with van der Waals surface area (Å²) in [6.07, 6.45) is 0.418. The van der Waals surface area contributed by atoms with Crippen LogP contribution in [-0.4, -0.2) is 11.0 Å². The number of hydrogen-bond acceptors (Lipinski definition) is 2. The molecule has 2 aromatic carbocycles. The molecule has 0 aliphatic carbocycles. The molecule has 1 N–H and O–H groups in total. The summed E-state index contributed by atoms with van der Waals surface area (Å²) in [6, 6.07) is 9.70. The van der Waals surface area contributed by atoms with Crippen molar-refractivity contribution in [2.45, 2.75) is 18.9 Å². The van der Waals surface area contributed by atoms with E-state index in [2.05, 4.69) is 0 Å². The van der Waals surface area contributed by atoms with Gasteiger partial charge >= 0.3 is 0 Å². The lowest BCUT2D eigenvalue weighted by Gasteiger charge is -2.22. The first-order chi connectivity index (χ1) is 9.92. The molecule has 0 radical (unpaired) electrons. The SMILES string of the molecule is CC(O)(CCCl)c1ccc(Oc2ccc(F)cc2F)cc1. The summed E-state index contributed by atoms with van der Waals surface area (Å²) >= 11 is 5.65. The summed E-state index contributed by atoms with van der Waals surface area (Å²) in [5.74, 6) is -0.755. The van der Waals surface area contributed by atoms with Crippen molar-refractivity contribution in [3.8, 4) is 11.5 Å². The van der Waals surface area contributed by atoms with Crippen molar-refractivity contribution in [3.63, 3.8) is 0 Å². The Morgan fingerprint density at radius 3 is 2.38 bits per heavy atom. The third kappa shape index (κ3) is 3.93. The van der Waals surface area contributed by atoms with Crippen molar-refractivity contribution in [2.75, 3.05) is 5.88 Å². The third-order valence-corrected chi connectivity index (χ3v) is 3.37. The van der Waals surface area contributed by atoms with Gasteiger partial charge in [0.05, 0.1) is 5.60 Å². The van der Waals surface area contributed by atoms with E-state index in [0.717, 1.165) is 12.1 Å². The highest BCUT2D eigenvalue weighted by Crippen LogP contribution is 2.29. The Hall–Kier alpha value is -1.65. The van der Waals surface area contributed by atoms with Crippen molar-refractivity contribution in [1.82, 2.24) is 0 Å². The number of alkyl halides is 1. The lowest BCUT2D eigenvalue weighted by molar-refractivity contribution is 0.0540. The van der Waals surface area contributed by atoms with Crippen molar-refractivity contribution in [3.05, 3.63) is 59.7 Å². The molecule has 0 amide bonds. The van der Waals surface area contributed by atoms with Crippen LogP contribution in [0.5, 0.6) is 11.5 Å². The Kier molecular flexibility index (Phi) is 4.80. The Balaban J connectivity index is 2.16. The number of benzene rings is 2. The van der Waals surface area contributed by atoms with Crippen LogP contribution in [0.2, 0.25) is 0 Å². The summed E-state index contributed by atoms with van der Waals surface area (Å²) in [5, 5.41) is 10.2. The Labute approximate surface area is 126 Å². The van der Waals surface area contributed by atoms with Crippen molar-refractivity contribution in [1.29, 1.82) is 0 Å². The summed E-state index contributed by atoms with van der Waals surface area (Å²) in [6.45, 7) is 1.67. The van der Waals surface area contributed by atoms with Gasteiger partial charge < -0.3 is 9.84 Å². The Bertz CT molecular complexity index is 612. The molecule has 0 aliphatic rings. The molecule has 0 heterocycles. The van der Waals surface area contributed by atoms with E-state index in [4.69, 9.17) is 16.3 Å². The van der Waals surface area contributed by atoms with Crippen LogP contribution in [0.25, 0.3) is 0 Å². The molecule has 0 saturated heterocycles. The fourth-order valence-electron chi connectivity index (χ4n) is 1.90. The number of rotatable bonds is 5. The molecule has 2 rings (SSSR count). The van der Waals surface area contributed by atoms with E-state index in [0.29, 0.717) is 23.6 Å². The zero-order valence-corrected chi connectivity index (χ0v) is 12.2. The highest BCUT2D eigenvalue weighted by atomic mass is 35.5. The van der Waals surface area contributed by atoms with Crippen LogP contribution in [0.1, 0.15) is 18.9 Å². The van der Waals surface area contributed by atoms with Crippen LogP contribution in [0.15, 0.2) is 42.5 Å². The first-order valence-corrected chi connectivity index (χ1v) is 6.97. The summed E-state index contributed by atoms with van der Waals surface area (Å²) in [5.41, 5.74) is -0.336. The Morgan fingerprint density at radius 2 is 1.81 bits per heavy atom. The first-order valence-electron chi connectivity index (χ1n) is 6.44. The normalized spacial score (nSPS) is 13.8. The monoisotopic (exact) mass is 312 g/mol. The molecule has 2 aromatic rings. The van der Waals surface area contributed by atoms with Crippen LogP contribution >= 0.6 is 11.6 Å². The van der Waals surface area contributed by atoms with Crippen molar-refractivity contribution in [2.24, 2.45) is 0 Å². The van der Waals surface area contributed by atoms with Gasteiger partial charge in [0.1, 0.15) is 11.6 Å². The minimum atomic E-state index is -1.03. The fourth-order valence-corrected chi connectivity index (χ4v) is 2.26. The molecule has 0 fully saturated rings. The number of ether oxygens (including phenoxy) is 1. The molecule has 0 spiro atoms. The Morgan fingerprint density at radius 1 is 1.14 bits per heavy atom. The molecular formula is C16H15ClF2O2. The van der Waals surface area contributed by atoms with E-state index in [1.165, 1.54) is 6.07 Å². The molecule has 2 nitrogen and oxygen atoms in total. The van der Waals surface area contributed by atoms with Gasteiger partial charge in [-0.1, -0.05) is 12.1 Å². The molecule has 1 atom stereocenters. The molecule has 0 bridgehead atoms. The number of halogens is 3. The lowest BCUT2D eigenvalue weighted by atomic mass is 9.93. The minimum absolute atomic E-state index is 0.0586. The number of aliphatic hydroxyl groups is 1. The van der Waals surface area contributed by atoms with Crippen molar-refractivity contribution >= 4 is 11.6 Å². The number of hydrogen-bond donors (Lipinski definition) is 1. The molecule has 0 aromatic heterocycles. The van der Waals surface area contributed by atoms with Gasteiger partial charge in [0.25, 0.3) is 0 Å². The standard InChI is InChI=1S/C16H15ClF2O2/c1-16(20,8-9-17)11-2-5-13(6-3-11)21-15-7-4-12(18)10-14(15)19/h2-7,10,20H,8-9H2,1H3. The average molecular weight is 313 g/mol. The van der Waals surface area contributed by atoms with E-state index in [9.17, 15) is 13.9 Å². The van der Waals surface area contributed by atoms with Gasteiger partial charge in [0, 0.05) is 11.9 Å². The van der Waals surface area contributed by atoms with E-state index in [-0.39, 0.29) is 5.75 Å². The molecule has 112 valence electrons. The fraction of sp³-hybridized carbons (Fsp3) is 0.250. The maximum Gasteiger partial charge on any atom is 0.168 e. The second-order valence-electron chi connectivity index (χ2n) is 4.91. The van der Waals surface area contributed by atoms with E-state index >= 15 is 0 Å². The van der Waals surface area contributed by atoms with Gasteiger partial charge in [-0.2, -0.15) is 0 Å². The van der Waals surface area contributed by atoms with Gasteiger partial charge in [-0.05, 0) is 43.2 Å². The minimum Gasteiger partial charge on any atom is -0.454 e. The quantitative estimate of drug-likeness (QED) is 0.818. The zero-order chi connectivity index (χ0) is 15.5. The first kappa shape index (κ1) is 15.7. The van der Waals surface area contributed by atoms with E-state index in [1.54, 1.807) is 31.2 Å². The largest absolute Gasteiger partial charge is 0.454 e. The van der Waals surface area contributed by atoms with Crippen LogP contribution in [0.3, 0.4) is 0 Å². The molecule has 1 unspecified atom stereocenters. The second kappa shape index (κ2) is 6.41. The summed E-state index contributed by atoms with van der Waals surface area (Å²) in [7, 11) is 0. The average Bonchev–Trinajstić information content (AvgIpc) is 2.42. The van der Waals surface area contributed by atoms with Crippen molar-refractivity contribution < 1.29 is 18.6 Å².